The lowest BCUT2D eigenvalue weighted by molar-refractivity contribution is -0.183. The number of aliphatic hydroxyl groups excluding tert-OH is 2. The Bertz CT molecular complexity index is 1450. The lowest BCUT2D eigenvalue weighted by atomic mass is 9.45. The van der Waals surface area contributed by atoms with E-state index in [4.69, 9.17) is 21.2 Å². The van der Waals surface area contributed by atoms with E-state index in [0.29, 0.717) is 50.9 Å². The summed E-state index contributed by atoms with van der Waals surface area (Å²) in [6.07, 6.45) is 0.381. The number of ether oxygens (including phenoxy) is 1. The number of halogens is 1. The number of carboxylic acids is 1. The first-order valence-electron chi connectivity index (χ1n) is 15.6. The number of nitrogens with zero attached hydrogens (tertiary/aromatic N) is 2. The number of carbonyl (C=O) groups excluding carboxylic acids is 1. The number of carbonyl (C=O) groups is 2. The number of amides is 1. The molecule has 4 fully saturated rings. The van der Waals surface area contributed by atoms with E-state index in [1.165, 1.54) is 18.6 Å². The van der Waals surface area contributed by atoms with Gasteiger partial charge in [0.1, 0.15) is 17.9 Å². The predicted octanol–water partition coefficient (Wildman–Crippen LogP) is 4.44. The first-order valence-corrected chi connectivity index (χ1v) is 16.0. The average molecular weight is 644 g/mol. The van der Waals surface area contributed by atoms with Gasteiger partial charge in [0, 0.05) is 42.9 Å². The van der Waals surface area contributed by atoms with Crippen molar-refractivity contribution in [3.8, 4) is 16.9 Å². The molecule has 45 heavy (non-hydrogen) atoms. The summed E-state index contributed by atoms with van der Waals surface area (Å²) in [5, 5.41) is 36.0. The predicted molar refractivity (Wildman–Crippen MR) is 172 cm³/mol. The first-order chi connectivity index (χ1) is 21.2. The summed E-state index contributed by atoms with van der Waals surface area (Å²) in [6.45, 7) is 8.17. The van der Waals surface area contributed by atoms with Crippen molar-refractivity contribution in [1.82, 2.24) is 10.4 Å². The minimum Gasteiger partial charge on any atom is -0.496 e. The number of benzene rings is 2. The summed E-state index contributed by atoms with van der Waals surface area (Å²) >= 11 is 6.73. The van der Waals surface area contributed by atoms with Crippen molar-refractivity contribution in [2.24, 2.45) is 29.1 Å². The molecule has 0 spiro atoms. The van der Waals surface area contributed by atoms with E-state index in [0.717, 1.165) is 6.42 Å². The molecule has 10 nitrogen and oxygen atoms in total. The number of anilines is 1. The largest absolute Gasteiger partial charge is 0.496 e. The smallest absolute Gasteiger partial charge is 0.335 e. The molecule has 1 amide bonds. The van der Waals surface area contributed by atoms with Crippen LogP contribution in [-0.4, -0.2) is 84.4 Å². The van der Waals surface area contributed by atoms with Gasteiger partial charge in [0.15, 0.2) is 0 Å². The van der Waals surface area contributed by atoms with E-state index < -0.39 is 30.1 Å². The Labute approximate surface area is 270 Å². The van der Waals surface area contributed by atoms with E-state index in [1.54, 1.807) is 31.2 Å². The van der Waals surface area contributed by atoms with Crippen molar-refractivity contribution < 1.29 is 34.5 Å². The Balaban J connectivity index is 1.49. The zero-order valence-electron chi connectivity index (χ0n) is 27.1. The van der Waals surface area contributed by atoms with E-state index in [-0.39, 0.29) is 36.1 Å². The van der Waals surface area contributed by atoms with Crippen molar-refractivity contribution in [2.45, 2.75) is 71.4 Å². The van der Waals surface area contributed by atoms with Gasteiger partial charge in [-0.3, -0.25) is 9.63 Å². The third kappa shape index (κ3) is 6.03. The molecule has 246 valence electrons. The van der Waals surface area contributed by atoms with Gasteiger partial charge < -0.3 is 30.3 Å². The van der Waals surface area contributed by atoms with Crippen LogP contribution in [0.25, 0.3) is 11.1 Å². The highest BCUT2D eigenvalue weighted by molar-refractivity contribution is 6.33. The quantitative estimate of drug-likeness (QED) is 0.297. The Kier molecular flexibility index (Phi) is 9.46. The molecule has 6 rings (SSSR count). The highest BCUT2D eigenvalue weighted by Gasteiger charge is 2.57. The van der Waals surface area contributed by atoms with Gasteiger partial charge in [0.05, 0.1) is 37.0 Å². The highest BCUT2D eigenvalue weighted by atomic mass is 35.5. The fourth-order valence-electron chi connectivity index (χ4n) is 8.02. The molecule has 2 aromatic rings. The van der Waals surface area contributed by atoms with Gasteiger partial charge in [-0.1, -0.05) is 38.4 Å². The number of methoxy groups -OCH3 is 1. The number of aliphatic hydroxyl groups is 2. The van der Waals surface area contributed by atoms with Gasteiger partial charge >= 0.3 is 5.97 Å². The summed E-state index contributed by atoms with van der Waals surface area (Å²) in [6, 6.07) is 7.59. The molecule has 3 saturated carbocycles. The lowest BCUT2D eigenvalue weighted by Gasteiger charge is -2.62. The molecular formula is C34H46ClN3O7. The summed E-state index contributed by atoms with van der Waals surface area (Å²) in [4.78, 5) is 34.0. The maximum absolute atomic E-state index is 14.1. The van der Waals surface area contributed by atoms with Crippen LogP contribution in [0.2, 0.25) is 5.02 Å². The number of rotatable bonds is 10. The molecule has 0 radical (unpaired) electrons. The monoisotopic (exact) mass is 643 g/mol. The Morgan fingerprint density at radius 2 is 1.93 bits per heavy atom. The molecule has 1 saturated heterocycles. The number of nitrogens with one attached hydrogen (secondary N) is 1. The van der Waals surface area contributed by atoms with Crippen molar-refractivity contribution in [3.05, 3.63) is 46.5 Å². The Morgan fingerprint density at radius 3 is 2.49 bits per heavy atom. The molecular weight excluding hydrogens is 598 g/mol. The summed E-state index contributed by atoms with van der Waals surface area (Å²) in [5.74, 6) is -0.171. The molecule has 1 heterocycles. The zero-order chi connectivity index (χ0) is 33.0. The number of hydroxylamine groups is 2. The number of carboxylic acid groups (broad SMARTS) is 1. The van der Waals surface area contributed by atoms with Crippen molar-refractivity contribution in [3.63, 3.8) is 0 Å². The number of aromatic carboxylic acids is 1. The van der Waals surface area contributed by atoms with Gasteiger partial charge in [-0.15, -0.1) is 0 Å². The van der Waals surface area contributed by atoms with Crippen LogP contribution in [0.1, 0.15) is 56.5 Å². The van der Waals surface area contributed by atoms with Crippen LogP contribution in [0.5, 0.6) is 5.75 Å². The van der Waals surface area contributed by atoms with Gasteiger partial charge in [-0.2, -0.15) is 5.06 Å². The van der Waals surface area contributed by atoms with Crippen LogP contribution in [0.4, 0.5) is 5.69 Å². The van der Waals surface area contributed by atoms with Gasteiger partial charge in [-0.25, -0.2) is 4.79 Å². The molecule has 11 heteroatoms. The zero-order valence-corrected chi connectivity index (χ0v) is 27.8. The van der Waals surface area contributed by atoms with Crippen molar-refractivity contribution >= 4 is 29.2 Å². The van der Waals surface area contributed by atoms with Crippen molar-refractivity contribution in [1.29, 1.82) is 0 Å². The maximum Gasteiger partial charge on any atom is 0.335 e. The van der Waals surface area contributed by atoms with Crippen LogP contribution in [0.3, 0.4) is 0 Å². The van der Waals surface area contributed by atoms with E-state index >= 15 is 0 Å². The van der Waals surface area contributed by atoms with Crippen LogP contribution in [0.15, 0.2) is 30.3 Å². The van der Waals surface area contributed by atoms with Crippen LogP contribution >= 0.6 is 11.6 Å². The Morgan fingerprint density at radius 1 is 1.22 bits per heavy atom. The van der Waals surface area contributed by atoms with Gasteiger partial charge in [0.25, 0.3) is 0 Å². The summed E-state index contributed by atoms with van der Waals surface area (Å²) in [7, 11) is 5.15. The first kappa shape index (κ1) is 33.5. The molecule has 4 aliphatic rings. The van der Waals surface area contributed by atoms with Crippen LogP contribution < -0.4 is 15.0 Å². The molecule has 1 aliphatic heterocycles. The second kappa shape index (κ2) is 12.7. The number of hydrogen-bond donors (Lipinski definition) is 4. The second-order valence-electron chi connectivity index (χ2n) is 13.8. The average Bonchev–Trinajstić information content (AvgIpc) is 3.36. The number of hydrogen-bond acceptors (Lipinski definition) is 8. The van der Waals surface area contributed by atoms with Gasteiger partial charge in [-0.05, 0) is 72.8 Å². The molecule has 2 bridgehead atoms. The second-order valence-corrected chi connectivity index (χ2v) is 14.2. The lowest BCUT2D eigenvalue weighted by Crippen LogP contribution is -2.62. The molecule has 3 aliphatic carbocycles. The molecule has 0 unspecified atom stereocenters. The van der Waals surface area contributed by atoms with Crippen LogP contribution in [-0.2, 0) is 16.2 Å². The molecule has 2 aromatic carbocycles. The third-order valence-corrected chi connectivity index (χ3v) is 11.1. The van der Waals surface area contributed by atoms with E-state index in [2.05, 4.69) is 26.1 Å². The Hall–Kier alpha value is -2.89. The number of fused-ring (bicyclic) bond motifs is 2. The third-order valence-electron chi connectivity index (χ3n) is 10.8. The standard InChI is InChI=1S/C34H46ClN3O7/c1-17-24-13-22(34(24,3)4)14-26(17)36-32(41)30-28(18(2)40)27(16-39)45-38(30)15-19-8-9-25(35)29(31(19)44-7)20-10-21(33(42)43)12-23(11-20)37(5)6/h8-12,17-18,22,24,26-28,30,39-40H,13-16H2,1-7H3,(H,36,41)(H,42,43)/t17-,18-,22-,24+,26-,27-,28+,30-/m0/s1. The summed E-state index contributed by atoms with van der Waals surface area (Å²) < 4.78 is 5.89. The summed E-state index contributed by atoms with van der Waals surface area (Å²) in [5.41, 5.74) is 2.75. The van der Waals surface area contributed by atoms with E-state index in [1.807, 2.05) is 25.1 Å². The SMILES string of the molecule is COc1c(CN2O[C@@H](CO)[C@@H]([C@H](C)O)[C@H]2C(=O)N[C@H]2C[C@@H]3C[C@H]([C@@H]2C)C3(C)C)ccc(Cl)c1-c1cc(C(=O)O)cc(N(C)C)c1. The van der Waals surface area contributed by atoms with Crippen molar-refractivity contribution in [2.75, 3.05) is 32.7 Å². The highest BCUT2D eigenvalue weighted by Crippen LogP contribution is 2.61. The van der Waals surface area contributed by atoms with Gasteiger partial charge in [0.2, 0.25) is 5.91 Å². The molecule has 0 aromatic heterocycles. The molecule has 8 atom stereocenters. The minimum absolute atomic E-state index is 0.0167. The maximum atomic E-state index is 14.1. The molecule has 4 N–H and O–H groups in total. The fraction of sp³-hybridized carbons (Fsp3) is 0.588. The normalized spacial score (nSPS) is 29.5. The topological polar surface area (TPSA) is 132 Å². The van der Waals surface area contributed by atoms with Crippen LogP contribution in [0, 0.1) is 29.1 Å². The van der Waals surface area contributed by atoms with E-state index in [9.17, 15) is 24.9 Å². The fourth-order valence-corrected chi connectivity index (χ4v) is 8.28. The minimum atomic E-state index is -1.07.